The van der Waals surface area contributed by atoms with E-state index >= 15 is 0 Å². The minimum absolute atomic E-state index is 0.157. The highest BCUT2D eigenvalue weighted by Gasteiger charge is 2.25. The fourth-order valence-electron chi connectivity index (χ4n) is 4.14. The van der Waals surface area contributed by atoms with Gasteiger partial charge in [-0.2, -0.15) is 0 Å². The van der Waals surface area contributed by atoms with Gasteiger partial charge < -0.3 is 21.3 Å². The molecule has 6 nitrogen and oxygen atoms in total. The van der Waals surface area contributed by atoms with Crippen molar-refractivity contribution in [3.8, 4) is 0 Å². The van der Waals surface area contributed by atoms with Crippen LogP contribution in [-0.2, 0) is 13.1 Å². The molecule has 0 atom stereocenters. The lowest BCUT2D eigenvalue weighted by atomic mass is 10.0. The summed E-state index contributed by atoms with van der Waals surface area (Å²) in [6, 6.07) is 27.0. The summed E-state index contributed by atoms with van der Waals surface area (Å²) in [6.07, 6.45) is 0. The molecule has 190 valence electrons. The molecule has 0 fully saturated rings. The second-order valence-electron chi connectivity index (χ2n) is 8.70. The van der Waals surface area contributed by atoms with Crippen molar-refractivity contribution in [2.75, 3.05) is 30.7 Å². The number of nitrogen functional groups attached to an aromatic ring is 1. The van der Waals surface area contributed by atoms with E-state index in [1.165, 1.54) is 16.9 Å². The van der Waals surface area contributed by atoms with E-state index in [2.05, 4.69) is 22.8 Å². The molecule has 0 unspecified atom stereocenters. The third-order valence-electron chi connectivity index (χ3n) is 5.99. The normalized spacial score (nSPS) is 10.7. The van der Waals surface area contributed by atoms with E-state index in [-0.39, 0.29) is 11.7 Å². The number of carbonyl (C=O) groups is 2. The molecule has 4 aromatic rings. The molecule has 0 aliphatic rings. The Labute approximate surface area is 222 Å². The molecule has 0 bridgehead atoms. The predicted molar refractivity (Wildman–Crippen MR) is 152 cm³/mol. The number of hydrogen-bond acceptors (Lipinski definition) is 6. The van der Waals surface area contributed by atoms with Crippen LogP contribution in [0.25, 0.3) is 0 Å². The van der Waals surface area contributed by atoms with E-state index < -0.39 is 0 Å². The summed E-state index contributed by atoms with van der Waals surface area (Å²) in [6.45, 7) is 4.94. The van der Waals surface area contributed by atoms with Crippen LogP contribution >= 0.6 is 11.3 Å². The first kappa shape index (κ1) is 26.1. The van der Waals surface area contributed by atoms with Crippen LogP contribution in [0.5, 0.6) is 0 Å². The topological polar surface area (TPSA) is 87.5 Å². The summed E-state index contributed by atoms with van der Waals surface area (Å²) in [5.41, 5.74) is 10.4. The van der Waals surface area contributed by atoms with Crippen molar-refractivity contribution >= 4 is 34.4 Å². The Morgan fingerprint density at radius 2 is 1.59 bits per heavy atom. The molecule has 7 heteroatoms. The number of rotatable bonds is 12. The van der Waals surface area contributed by atoms with Gasteiger partial charge in [0, 0.05) is 49.7 Å². The van der Waals surface area contributed by atoms with E-state index in [1.807, 2.05) is 55.5 Å². The lowest BCUT2D eigenvalue weighted by Crippen LogP contribution is -2.36. The average molecular weight is 513 g/mol. The van der Waals surface area contributed by atoms with Gasteiger partial charge >= 0.3 is 0 Å². The van der Waals surface area contributed by atoms with Crippen LogP contribution in [0.4, 0.5) is 11.4 Å². The third kappa shape index (κ3) is 6.84. The first-order valence-electron chi connectivity index (χ1n) is 12.4. The van der Waals surface area contributed by atoms with Gasteiger partial charge in [-0.3, -0.25) is 9.59 Å². The highest BCUT2D eigenvalue weighted by Crippen LogP contribution is 2.28. The highest BCUT2D eigenvalue weighted by molar-refractivity contribution is 7.12. The number of benzene rings is 3. The molecule has 1 heterocycles. The Kier molecular flexibility index (Phi) is 9.08. The maximum Gasteiger partial charge on any atom is 0.255 e. The number of carbonyl (C=O) groups excluding carboxylic acids is 2. The fourth-order valence-corrected chi connectivity index (χ4v) is 4.98. The number of ketones is 1. The highest BCUT2D eigenvalue weighted by atomic mass is 32.1. The van der Waals surface area contributed by atoms with Gasteiger partial charge in [0.25, 0.3) is 5.91 Å². The van der Waals surface area contributed by atoms with Crippen LogP contribution in [0, 0.1) is 0 Å². The smallest absolute Gasteiger partial charge is 0.255 e. The van der Waals surface area contributed by atoms with Crippen molar-refractivity contribution in [2.45, 2.75) is 20.0 Å². The number of thiophene rings is 1. The van der Waals surface area contributed by atoms with Gasteiger partial charge in [-0.25, -0.2) is 0 Å². The van der Waals surface area contributed by atoms with Crippen LogP contribution in [0.3, 0.4) is 0 Å². The second-order valence-corrected chi connectivity index (χ2v) is 9.62. The number of amides is 1. The van der Waals surface area contributed by atoms with E-state index in [0.29, 0.717) is 53.6 Å². The van der Waals surface area contributed by atoms with E-state index in [1.54, 1.807) is 34.5 Å². The summed E-state index contributed by atoms with van der Waals surface area (Å²) in [4.78, 5) is 29.6. The maximum atomic E-state index is 13.8. The predicted octanol–water partition coefficient (Wildman–Crippen LogP) is 5.43. The second kappa shape index (κ2) is 12.9. The molecule has 0 aliphatic carbocycles. The van der Waals surface area contributed by atoms with Crippen molar-refractivity contribution in [3.63, 3.8) is 0 Å². The Hall–Kier alpha value is -3.94. The lowest BCUT2D eigenvalue weighted by molar-refractivity contribution is 0.0741. The van der Waals surface area contributed by atoms with Crippen LogP contribution in [0.15, 0.2) is 90.3 Å². The standard InChI is InChI=1S/C30H32N4O2S/c1-2-33-27-19-24(31)13-14-25(27)28(35)29-26(15-18-37-29)30(36)34(21-23-11-7-4-8-12-23)17-16-32-20-22-9-5-3-6-10-22/h3-15,18-19,32-33H,2,16-17,20-21,31H2,1H3. The number of nitrogens with one attached hydrogen (secondary N) is 2. The molecule has 0 saturated carbocycles. The molecule has 0 spiro atoms. The summed E-state index contributed by atoms with van der Waals surface area (Å²) in [5.74, 6) is -0.341. The van der Waals surface area contributed by atoms with Gasteiger partial charge in [0.1, 0.15) is 0 Å². The van der Waals surface area contributed by atoms with Crippen LogP contribution < -0.4 is 16.4 Å². The van der Waals surface area contributed by atoms with E-state index in [4.69, 9.17) is 5.73 Å². The molecule has 1 amide bonds. The minimum atomic E-state index is -0.184. The molecular formula is C30H32N4O2S. The number of nitrogens with zero attached hydrogens (tertiary/aromatic N) is 1. The Morgan fingerprint density at radius 3 is 2.30 bits per heavy atom. The SMILES string of the molecule is CCNc1cc(N)ccc1C(=O)c1sccc1C(=O)N(CCNCc1ccccc1)Cc1ccccc1. The minimum Gasteiger partial charge on any atom is -0.399 e. The third-order valence-corrected chi connectivity index (χ3v) is 6.90. The van der Waals surface area contributed by atoms with E-state index in [0.717, 1.165) is 12.1 Å². The van der Waals surface area contributed by atoms with E-state index in [9.17, 15) is 9.59 Å². The van der Waals surface area contributed by atoms with Crippen LogP contribution in [-0.4, -0.2) is 36.2 Å². The fraction of sp³-hybridized carbons (Fsp3) is 0.200. The monoisotopic (exact) mass is 512 g/mol. The van der Waals surface area contributed by atoms with Crippen molar-refractivity contribution in [3.05, 3.63) is 117 Å². The zero-order valence-electron chi connectivity index (χ0n) is 20.9. The molecule has 0 aliphatic heterocycles. The summed E-state index contributed by atoms with van der Waals surface area (Å²) in [7, 11) is 0. The molecule has 0 radical (unpaired) electrons. The molecule has 37 heavy (non-hydrogen) atoms. The Balaban J connectivity index is 1.54. The van der Waals surface area contributed by atoms with Crippen LogP contribution in [0.2, 0.25) is 0 Å². The number of nitrogens with two attached hydrogens (primary N) is 1. The van der Waals surface area contributed by atoms with Crippen molar-refractivity contribution in [1.29, 1.82) is 0 Å². The van der Waals surface area contributed by atoms with Gasteiger partial charge in [0.2, 0.25) is 5.78 Å². The Morgan fingerprint density at radius 1 is 0.892 bits per heavy atom. The maximum absolute atomic E-state index is 13.8. The molecule has 4 N–H and O–H groups in total. The molecular weight excluding hydrogens is 480 g/mol. The summed E-state index contributed by atoms with van der Waals surface area (Å²) in [5, 5.41) is 8.45. The molecule has 4 rings (SSSR count). The average Bonchev–Trinajstić information content (AvgIpc) is 3.41. The molecule has 0 saturated heterocycles. The van der Waals surface area contributed by atoms with Gasteiger partial charge in [-0.05, 0) is 47.7 Å². The van der Waals surface area contributed by atoms with Crippen molar-refractivity contribution < 1.29 is 9.59 Å². The zero-order chi connectivity index (χ0) is 26.0. The number of hydrogen-bond donors (Lipinski definition) is 3. The van der Waals surface area contributed by atoms with Crippen molar-refractivity contribution in [2.24, 2.45) is 0 Å². The Bertz CT molecular complexity index is 1320. The first-order chi connectivity index (χ1) is 18.1. The van der Waals surface area contributed by atoms with Crippen LogP contribution in [0.1, 0.15) is 43.6 Å². The zero-order valence-corrected chi connectivity index (χ0v) is 21.8. The largest absolute Gasteiger partial charge is 0.399 e. The first-order valence-corrected chi connectivity index (χ1v) is 13.3. The van der Waals surface area contributed by atoms with Gasteiger partial charge in [-0.15, -0.1) is 11.3 Å². The molecule has 3 aromatic carbocycles. The summed E-state index contributed by atoms with van der Waals surface area (Å²) < 4.78 is 0. The summed E-state index contributed by atoms with van der Waals surface area (Å²) >= 11 is 1.29. The molecule has 1 aromatic heterocycles. The lowest BCUT2D eigenvalue weighted by Gasteiger charge is -2.23. The quantitative estimate of drug-likeness (QED) is 0.134. The van der Waals surface area contributed by atoms with Gasteiger partial charge in [-0.1, -0.05) is 60.7 Å². The van der Waals surface area contributed by atoms with Crippen molar-refractivity contribution in [1.82, 2.24) is 10.2 Å². The number of anilines is 2. The van der Waals surface area contributed by atoms with Gasteiger partial charge in [0.15, 0.2) is 0 Å². The van der Waals surface area contributed by atoms with Gasteiger partial charge in [0.05, 0.1) is 10.4 Å².